The zero-order valence-corrected chi connectivity index (χ0v) is 13.9. The third-order valence-electron chi connectivity index (χ3n) is 4.88. The van der Waals surface area contributed by atoms with Crippen molar-refractivity contribution in [1.82, 2.24) is 0 Å². The van der Waals surface area contributed by atoms with Crippen LogP contribution in [-0.4, -0.2) is 6.54 Å². The van der Waals surface area contributed by atoms with Crippen molar-refractivity contribution in [3.8, 4) is 0 Å². The van der Waals surface area contributed by atoms with Crippen LogP contribution in [0.5, 0.6) is 0 Å². The third-order valence-corrected chi connectivity index (χ3v) is 4.88. The van der Waals surface area contributed by atoms with Gasteiger partial charge in [-0.1, -0.05) is 52.8 Å². The van der Waals surface area contributed by atoms with Crippen LogP contribution in [-0.2, 0) is 11.8 Å². The second-order valence-corrected chi connectivity index (χ2v) is 8.07. The van der Waals surface area contributed by atoms with Crippen molar-refractivity contribution in [3.63, 3.8) is 0 Å². The van der Waals surface area contributed by atoms with Crippen LogP contribution in [0, 0.1) is 5.41 Å². The van der Waals surface area contributed by atoms with Gasteiger partial charge in [0.15, 0.2) is 0 Å². The lowest BCUT2D eigenvalue weighted by Crippen LogP contribution is -2.16. The van der Waals surface area contributed by atoms with Gasteiger partial charge in [0.25, 0.3) is 0 Å². The fourth-order valence-corrected chi connectivity index (χ4v) is 2.77. The van der Waals surface area contributed by atoms with Crippen LogP contribution in [0.1, 0.15) is 76.5 Å². The zero-order chi connectivity index (χ0) is 15.0. The standard InChI is InChI=1S/C19H31N/c1-14(2)16-10-15(6-7-19(13-20)8-9-19)11-17(12-16)18(3,4)5/h10-12,14H,6-9,13,20H2,1-5H3. The highest BCUT2D eigenvalue weighted by atomic mass is 14.6. The van der Waals surface area contributed by atoms with Gasteiger partial charge in [0.1, 0.15) is 0 Å². The van der Waals surface area contributed by atoms with E-state index in [9.17, 15) is 0 Å². The average molecular weight is 273 g/mol. The molecule has 1 aliphatic rings. The monoisotopic (exact) mass is 273 g/mol. The first-order valence-corrected chi connectivity index (χ1v) is 8.10. The average Bonchev–Trinajstić information content (AvgIpc) is 3.15. The van der Waals surface area contributed by atoms with E-state index < -0.39 is 0 Å². The minimum Gasteiger partial charge on any atom is -0.330 e. The number of benzene rings is 1. The molecule has 20 heavy (non-hydrogen) atoms. The molecule has 1 heteroatoms. The third kappa shape index (κ3) is 3.63. The van der Waals surface area contributed by atoms with E-state index in [0.717, 1.165) is 6.54 Å². The van der Waals surface area contributed by atoms with Crippen LogP contribution in [0.4, 0.5) is 0 Å². The van der Waals surface area contributed by atoms with Crippen molar-refractivity contribution in [2.24, 2.45) is 11.1 Å². The van der Waals surface area contributed by atoms with E-state index in [1.165, 1.54) is 42.4 Å². The second kappa shape index (κ2) is 5.52. The lowest BCUT2D eigenvalue weighted by Gasteiger charge is -2.23. The van der Waals surface area contributed by atoms with Gasteiger partial charge >= 0.3 is 0 Å². The maximum absolute atomic E-state index is 5.91. The maximum atomic E-state index is 5.91. The highest BCUT2D eigenvalue weighted by Crippen LogP contribution is 2.48. The summed E-state index contributed by atoms with van der Waals surface area (Å²) < 4.78 is 0. The summed E-state index contributed by atoms with van der Waals surface area (Å²) in [7, 11) is 0. The van der Waals surface area contributed by atoms with Gasteiger partial charge in [-0.3, -0.25) is 0 Å². The van der Waals surface area contributed by atoms with E-state index in [-0.39, 0.29) is 5.41 Å². The predicted molar refractivity (Wildman–Crippen MR) is 88.3 cm³/mol. The summed E-state index contributed by atoms with van der Waals surface area (Å²) in [5, 5.41) is 0. The number of nitrogens with two attached hydrogens (primary N) is 1. The summed E-state index contributed by atoms with van der Waals surface area (Å²) in [6, 6.07) is 7.22. The summed E-state index contributed by atoms with van der Waals surface area (Å²) in [6.07, 6.45) is 5.11. The molecule has 0 unspecified atom stereocenters. The molecule has 1 aliphatic carbocycles. The zero-order valence-electron chi connectivity index (χ0n) is 13.9. The number of hydrogen-bond acceptors (Lipinski definition) is 1. The molecular formula is C19H31N. The van der Waals surface area contributed by atoms with E-state index in [1.807, 2.05) is 0 Å². The van der Waals surface area contributed by atoms with Crippen LogP contribution < -0.4 is 5.73 Å². The summed E-state index contributed by atoms with van der Waals surface area (Å²) in [6.45, 7) is 12.3. The predicted octanol–water partition coefficient (Wildman–Crippen LogP) is 4.78. The molecule has 0 spiro atoms. The van der Waals surface area contributed by atoms with Gasteiger partial charge in [-0.05, 0) is 65.7 Å². The topological polar surface area (TPSA) is 26.0 Å². The first kappa shape index (κ1) is 15.6. The van der Waals surface area contributed by atoms with E-state index >= 15 is 0 Å². The largest absolute Gasteiger partial charge is 0.330 e. The Kier molecular flexibility index (Phi) is 4.30. The molecular weight excluding hydrogens is 242 g/mol. The van der Waals surface area contributed by atoms with Crippen molar-refractivity contribution >= 4 is 0 Å². The van der Waals surface area contributed by atoms with Gasteiger partial charge in [0.05, 0.1) is 0 Å². The quantitative estimate of drug-likeness (QED) is 0.821. The van der Waals surface area contributed by atoms with Gasteiger partial charge < -0.3 is 5.73 Å². The Morgan fingerprint density at radius 3 is 2.25 bits per heavy atom. The Hall–Kier alpha value is -0.820. The van der Waals surface area contributed by atoms with E-state index in [2.05, 4.69) is 52.8 Å². The molecule has 0 atom stereocenters. The lowest BCUT2D eigenvalue weighted by atomic mass is 9.82. The second-order valence-electron chi connectivity index (χ2n) is 8.07. The van der Waals surface area contributed by atoms with Gasteiger partial charge in [-0.15, -0.1) is 0 Å². The SMILES string of the molecule is CC(C)c1cc(CCC2(CN)CC2)cc(C(C)(C)C)c1. The van der Waals surface area contributed by atoms with Crippen LogP contribution in [0.15, 0.2) is 18.2 Å². The molecule has 0 radical (unpaired) electrons. The maximum Gasteiger partial charge on any atom is -0.00204 e. The van der Waals surface area contributed by atoms with E-state index in [0.29, 0.717) is 11.3 Å². The summed E-state index contributed by atoms with van der Waals surface area (Å²) in [5.74, 6) is 0.598. The Morgan fingerprint density at radius 2 is 1.80 bits per heavy atom. The van der Waals surface area contributed by atoms with Crippen LogP contribution in [0.2, 0.25) is 0 Å². The van der Waals surface area contributed by atoms with Crippen molar-refractivity contribution in [2.75, 3.05) is 6.54 Å². The minimum atomic E-state index is 0.227. The van der Waals surface area contributed by atoms with Crippen molar-refractivity contribution in [2.45, 2.75) is 71.6 Å². The molecule has 1 aromatic carbocycles. The number of rotatable bonds is 5. The van der Waals surface area contributed by atoms with Crippen LogP contribution in [0.3, 0.4) is 0 Å². The minimum absolute atomic E-state index is 0.227. The first-order chi connectivity index (χ1) is 9.26. The molecule has 0 heterocycles. The molecule has 0 amide bonds. The first-order valence-electron chi connectivity index (χ1n) is 8.10. The Balaban J connectivity index is 2.21. The molecule has 0 aliphatic heterocycles. The van der Waals surface area contributed by atoms with Gasteiger partial charge in [-0.2, -0.15) is 0 Å². The number of hydrogen-bond donors (Lipinski definition) is 1. The Bertz CT molecular complexity index is 461. The van der Waals surface area contributed by atoms with E-state index in [4.69, 9.17) is 5.73 Å². The van der Waals surface area contributed by atoms with Crippen molar-refractivity contribution in [3.05, 3.63) is 34.9 Å². The van der Waals surface area contributed by atoms with Crippen molar-refractivity contribution in [1.29, 1.82) is 0 Å². The molecule has 0 aromatic heterocycles. The normalized spacial score (nSPS) is 17.6. The summed E-state index contributed by atoms with van der Waals surface area (Å²) in [5.41, 5.74) is 11.1. The Labute approximate surface area is 125 Å². The lowest BCUT2D eigenvalue weighted by molar-refractivity contribution is 0.478. The molecule has 1 saturated carbocycles. The molecule has 1 aromatic rings. The molecule has 1 fully saturated rings. The summed E-state index contributed by atoms with van der Waals surface area (Å²) in [4.78, 5) is 0. The molecule has 0 saturated heterocycles. The van der Waals surface area contributed by atoms with Crippen LogP contribution >= 0.6 is 0 Å². The fraction of sp³-hybridized carbons (Fsp3) is 0.684. The number of aryl methyl sites for hydroxylation is 1. The van der Waals surface area contributed by atoms with Crippen LogP contribution in [0.25, 0.3) is 0 Å². The molecule has 0 bridgehead atoms. The highest BCUT2D eigenvalue weighted by molar-refractivity contribution is 5.35. The van der Waals surface area contributed by atoms with Gasteiger partial charge in [0, 0.05) is 0 Å². The van der Waals surface area contributed by atoms with Crippen molar-refractivity contribution < 1.29 is 0 Å². The molecule has 1 nitrogen and oxygen atoms in total. The smallest absolute Gasteiger partial charge is 0.00204 e. The van der Waals surface area contributed by atoms with Gasteiger partial charge in [0.2, 0.25) is 0 Å². The van der Waals surface area contributed by atoms with E-state index in [1.54, 1.807) is 0 Å². The highest BCUT2D eigenvalue weighted by Gasteiger charge is 2.40. The molecule has 112 valence electrons. The Morgan fingerprint density at radius 1 is 1.15 bits per heavy atom. The summed E-state index contributed by atoms with van der Waals surface area (Å²) >= 11 is 0. The molecule has 2 N–H and O–H groups in total. The fourth-order valence-electron chi connectivity index (χ4n) is 2.77. The molecule has 2 rings (SSSR count). The van der Waals surface area contributed by atoms with Gasteiger partial charge in [-0.25, -0.2) is 0 Å².